The van der Waals surface area contributed by atoms with Crippen LogP contribution >= 0.6 is 23.2 Å². The van der Waals surface area contributed by atoms with E-state index in [4.69, 9.17) is 32.5 Å². The summed E-state index contributed by atoms with van der Waals surface area (Å²) < 4.78 is 10.7. The largest absolute Gasteiger partial charge is 0.484 e. The minimum Gasteiger partial charge on any atom is -0.484 e. The van der Waals surface area contributed by atoms with Gasteiger partial charge < -0.3 is 19.9 Å². The summed E-state index contributed by atoms with van der Waals surface area (Å²) in [6.45, 7) is 3.81. The number of aromatic nitrogens is 1. The van der Waals surface area contributed by atoms with Gasteiger partial charge in [0.25, 0.3) is 11.8 Å². The molecule has 5 rings (SSSR count). The normalized spacial score (nSPS) is 27.0. The van der Waals surface area contributed by atoms with E-state index in [1.54, 1.807) is 31.2 Å². The SMILES string of the molecule is Cc1cc(C(=O)NC23CCC(NC(=O)COc4ccc(Cl)c(Cl)c4)(CC2)[C@@H](C)C3)on1. The maximum absolute atomic E-state index is 12.6. The number of benzene rings is 1. The highest BCUT2D eigenvalue weighted by atomic mass is 35.5. The summed E-state index contributed by atoms with van der Waals surface area (Å²) in [5.41, 5.74) is 0.112. The van der Waals surface area contributed by atoms with Crippen molar-refractivity contribution in [1.82, 2.24) is 15.8 Å². The molecule has 3 saturated carbocycles. The van der Waals surface area contributed by atoms with Gasteiger partial charge in [-0.2, -0.15) is 0 Å². The van der Waals surface area contributed by atoms with Gasteiger partial charge in [0, 0.05) is 23.2 Å². The van der Waals surface area contributed by atoms with Gasteiger partial charge in [-0.25, -0.2) is 0 Å². The van der Waals surface area contributed by atoms with E-state index in [0.29, 0.717) is 21.5 Å². The number of hydrogen-bond donors (Lipinski definition) is 2. The molecule has 2 amide bonds. The van der Waals surface area contributed by atoms with Crippen LogP contribution in [0.2, 0.25) is 10.0 Å². The molecule has 2 bridgehead atoms. The third-order valence-electron chi connectivity index (χ3n) is 6.62. The fourth-order valence-electron chi connectivity index (χ4n) is 4.88. The van der Waals surface area contributed by atoms with Crippen LogP contribution < -0.4 is 15.4 Å². The first-order valence-corrected chi connectivity index (χ1v) is 11.1. The van der Waals surface area contributed by atoms with Crippen molar-refractivity contribution < 1.29 is 18.8 Å². The first-order valence-electron chi connectivity index (χ1n) is 10.4. The zero-order valence-electron chi connectivity index (χ0n) is 17.5. The van der Waals surface area contributed by atoms with E-state index >= 15 is 0 Å². The Balaban J connectivity index is 1.34. The highest BCUT2D eigenvalue weighted by Gasteiger charge is 2.54. The van der Waals surface area contributed by atoms with Gasteiger partial charge in [-0.3, -0.25) is 9.59 Å². The average molecular weight is 466 g/mol. The lowest BCUT2D eigenvalue weighted by atomic mass is 9.56. The molecule has 0 radical (unpaired) electrons. The van der Waals surface area contributed by atoms with Gasteiger partial charge in [-0.15, -0.1) is 0 Å². The summed E-state index contributed by atoms with van der Waals surface area (Å²) in [7, 11) is 0. The topological polar surface area (TPSA) is 93.5 Å². The second-order valence-corrected chi connectivity index (χ2v) is 9.56. The first kappa shape index (κ1) is 22.0. The lowest BCUT2D eigenvalue weighted by molar-refractivity contribution is -0.128. The Labute approximate surface area is 190 Å². The molecule has 2 aromatic rings. The Morgan fingerprint density at radius 1 is 1.16 bits per heavy atom. The molecule has 3 fully saturated rings. The number of carbonyl (C=O) groups is 2. The number of fused-ring (bicyclic) bond motifs is 3. The molecule has 1 heterocycles. The van der Waals surface area contributed by atoms with Crippen LogP contribution in [0.5, 0.6) is 5.75 Å². The van der Waals surface area contributed by atoms with Crippen molar-refractivity contribution in [3.63, 3.8) is 0 Å². The van der Waals surface area contributed by atoms with Gasteiger partial charge in [0.1, 0.15) is 5.75 Å². The highest BCUT2D eigenvalue weighted by Crippen LogP contribution is 2.50. The average Bonchev–Trinajstić information content (AvgIpc) is 3.17. The Morgan fingerprint density at radius 2 is 1.90 bits per heavy atom. The minimum atomic E-state index is -0.284. The van der Waals surface area contributed by atoms with E-state index in [2.05, 4.69) is 22.7 Å². The number of halogens is 2. The Kier molecular flexibility index (Phi) is 5.92. The molecule has 1 aromatic heterocycles. The summed E-state index contributed by atoms with van der Waals surface area (Å²) in [6.07, 6.45) is 3.97. The number of aryl methyl sites for hydroxylation is 1. The molecule has 1 atom stereocenters. The molecule has 0 aliphatic heterocycles. The number of amides is 2. The van der Waals surface area contributed by atoms with Crippen LogP contribution in [0.1, 0.15) is 55.3 Å². The monoisotopic (exact) mass is 465 g/mol. The van der Waals surface area contributed by atoms with Crippen molar-refractivity contribution in [3.8, 4) is 5.75 Å². The van der Waals surface area contributed by atoms with E-state index < -0.39 is 0 Å². The molecule has 166 valence electrons. The van der Waals surface area contributed by atoms with E-state index in [-0.39, 0.29) is 41.2 Å². The molecular formula is C22H25Cl2N3O4. The molecular weight excluding hydrogens is 441 g/mol. The van der Waals surface area contributed by atoms with Crippen molar-refractivity contribution in [2.75, 3.05) is 6.61 Å². The van der Waals surface area contributed by atoms with Gasteiger partial charge in [-0.1, -0.05) is 35.3 Å². The van der Waals surface area contributed by atoms with Crippen molar-refractivity contribution >= 4 is 35.0 Å². The van der Waals surface area contributed by atoms with E-state index in [9.17, 15) is 9.59 Å². The minimum absolute atomic E-state index is 0.0981. The molecule has 31 heavy (non-hydrogen) atoms. The Bertz CT molecular complexity index is 998. The van der Waals surface area contributed by atoms with Crippen LogP contribution in [0.4, 0.5) is 0 Å². The van der Waals surface area contributed by atoms with E-state index in [1.807, 2.05) is 0 Å². The molecule has 1 aromatic carbocycles. The fourth-order valence-corrected chi connectivity index (χ4v) is 5.17. The van der Waals surface area contributed by atoms with Crippen molar-refractivity contribution in [3.05, 3.63) is 45.8 Å². The number of ether oxygens (including phenoxy) is 1. The quantitative estimate of drug-likeness (QED) is 0.662. The lowest BCUT2D eigenvalue weighted by Gasteiger charge is -2.57. The molecule has 9 heteroatoms. The molecule has 0 unspecified atom stereocenters. The lowest BCUT2D eigenvalue weighted by Crippen LogP contribution is -2.67. The standard InChI is InChI=1S/C22H25Cl2N3O4/c1-13-11-21(26-20(29)18-9-14(2)27-31-18)5-7-22(13,8-6-21)25-19(28)12-30-15-3-4-16(23)17(24)10-15/h3-4,9-10,13H,5-8,11-12H2,1-2H3,(H,25,28)(H,26,29)/t13-,21?,22?/m0/s1. The van der Waals surface area contributed by atoms with Crippen molar-refractivity contribution in [2.24, 2.45) is 5.92 Å². The Morgan fingerprint density at radius 3 is 2.52 bits per heavy atom. The molecule has 7 nitrogen and oxygen atoms in total. The fraction of sp³-hybridized carbons (Fsp3) is 0.500. The van der Waals surface area contributed by atoms with Gasteiger partial charge in [0.2, 0.25) is 5.76 Å². The number of rotatable bonds is 6. The first-order chi connectivity index (χ1) is 14.7. The zero-order chi connectivity index (χ0) is 22.2. The van der Waals surface area contributed by atoms with Gasteiger partial charge >= 0.3 is 0 Å². The third kappa shape index (κ3) is 4.53. The summed E-state index contributed by atoms with van der Waals surface area (Å²) in [5, 5.41) is 11.0. The van der Waals surface area contributed by atoms with E-state index in [1.165, 1.54) is 0 Å². The summed E-state index contributed by atoms with van der Waals surface area (Å²) >= 11 is 11.9. The summed E-state index contributed by atoms with van der Waals surface area (Å²) in [5.74, 6) is 0.525. The van der Waals surface area contributed by atoms with Crippen LogP contribution in [0, 0.1) is 12.8 Å². The zero-order valence-corrected chi connectivity index (χ0v) is 19.0. The maximum Gasteiger partial charge on any atom is 0.290 e. The van der Waals surface area contributed by atoms with Crippen LogP contribution in [0.25, 0.3) is 0 Å². The Hall–Kier alpha value is -2.25. The van der Waals surface area contributed by atoms with Crippen LogP contribution in [0.3, 0.4) is 0 Å². The highest BCUT2D eigenvalue weighted by molar-refractivity contribution is 6.42. The van der Waals surface area contributed by atoms with Gasteiger partial charge in [-0.05, 0) is 57.1 Å². The predicted octanol–water partition coefficient (Wildman–Crippen LogP) is 4.31. The maximum atomic E-state index is 12.6. The number of hydrogen-bond acceptors (Lipinski definition) is 5. The summed E-state index contributed by atoms with van der Waals surface area (Å²) in [4.78, 5) is 25.2. The van der Waals surface area contributed by atoms with Gasteiger partial charge in [0.15, 0.2) is 6.61 Å². The molecule has 2 N–H and O–H groups in total. The van der Waals surface area contributed by atoms with E-state index in [0.717, 1.165) is 32.1 Å². The third-order valence-corrected chi connectivity index (χ3v) is 7.36. The number of nitrogens with one attached hydrogen (secondary N) is 2. The van der Waals surface area contributed by atoms with Crippen LogP contribution in [-0.2, 0) is 4.79 Å². The molecule has 3 aliphatic rings. The van der Waals surface area contributed by atoms with Crippen molar-refractivity contribution in [1.29, 1.82) is 0 Å². The molecule has 0 saturated heterocycles. The molecule has 3 aliphatic carbocycles. The van der Waals surface area contributed by atoms with Gasteiger partial charge in [0.05, 0.1) is 15.7 Å². The smallest absolute Gasteiger partial charge is 0.290 e. The molecule has 0 spiro atoms. The van der Waals surface area contributed by atoms with Crippen molar-refractivity contribution in [2.45, 2.75) is 57.0 Å². The number of nitrogens with zero attached hydrogens (tertiary/aromatic N) is 1. The number of carbonyl (C=O) groups excluding carboxylic acids is 2. The van der Waals surface area contributed by atoms with Crippen LogP contribution in [0.15, 0.2) is 28.8 Å². The van der Waals surface area contributed by atoms with Crippen LogP contribution in [-0.4, -0.2) is 34.7 Å². The predicted molar refractivity (Wildman–Crippen MR) is 117 cm³/mol. The second kappa shape index (κ2) is 8.36. The second-order valence-electron chi connectivity index (χ2n) is 8.74. The summed E-state index contributed by atoms with van der Waals surface area (Å²) in [6, 6.07) is 6.54.